The first-order valence-electron chi connectivity index (χ1n) is 7.58. The third-order valence-electron chi connectivity index (χ3n) is 4.15. The van der Waals surface area contributed by atoms with Crippen LogP contribution < -0.4 is 4.90 Å². The molecular weight excluding hydrogens is 282 g/mol. The zero-order chi connectivity index (χ0) is 14.1. The smallest absolute Gasteiger partial charge is 0.205 e. The van der Waals surface area contributed by atoms with E-state index in [2.05, 4.69) is 25.2 Å². The van der Waals surface area contributed by atoms with Crippen LogP contribution in [0.2, 0.25) is 0 Å². The van der Waals surface area contributed by atoms with Crippen molar-refractivity contribution < 1.29 is 0 Å². The Morgan fingerprint density at radius 2 is 2.05 bits per heavy atom. The van der Waals surface area contributed by atoms with E-state index in [4.69, 9.17) is 4.98 Å². The summed E-state index contributed by atoms with van der Waals surface area (Å²) in [6.07, 6.45) is 6.33. The molecule has 110 valence electrons. The molecule has 0 unspecified atom stereocenters. The molecule has 0 N–H and O–H groups in total. The van der Waals surface area contributed by atoms with Gasteiger partial charge in [-0.1, -0.05) is 6.07 Å². The Bertz CT molecular complexity index is 587. The minimum Gasteiger partial charge on any atom is -0.344 e. The molecule has 0 atom stereocenters. The fraction of sp³-hybridized carbons (Fsp3) is 0.533. The van der Waals surface area contributed by atoms with E-state index in [0.29, 0.717) is 5.92 Å². The summed E-state index contributed by atoms with van der Waals surface area (Å²) in [7, 11) is 0. The molecule has 4 rings (SSSR count). The molecule has 2 aromatic rings. The maximum Gasteiger partial charge on any atom is 0.205 e. The second kappa shape index (κ2) is 5.69. The van der Waals surface area contributed by atoms with E-state index in [9.17, 15) is 0 Å². The molecule has 1 saturated heterocycles. The molecule has 6 heteroatoms. The van der Waals surface area contributed by atoms with Crippen LogP contribution in [0, 0.1) is 0 Å². The highest BCUT2D eigenvalue weighted by Crippen LogP contribution is 2.39. The predicted octanol–water partition coefficient (Wildman–Crippen LogP) is 2.13. The van der Waals surface area contributed by atoms with Gasteiger partial charge in [-0.2, -0.15) is 4.37 Å². The highest BCUT2D eigenvalue weighted by molar-refractivity contribution is 7.09. The van der Waals surface area contributed by atoms with Crippen LogP contribution in [0.3, 0.4) is 0 Å². The van der Waals surface area contributed by atoms with Gasteiger partial charge in [-0.25, -0.2) is 4.98 Å². The van der Waals surface area contributed by atoms with Crippen LogP contribution in [0.1, 0.15) is 30.1 Å². The largest absolute Gasteiger partial charge is 0.344 e. The minimum atomic E-state index is 0.655. The molecule has 1 aliphatic heterocycles. The van der Waals surface area contributed by atoms with Gasteiger partial charge in [0.2, 0.25) is 5.13 Å². The predicted molar refractivity (Wildman–Crippen MR) is 83.6 cm³/mol. The lowest BCUT2D eigenvalue weighted by molar-refractivity contribution is 0.249. The maximum absolute atomic E-state index is 4.71. The van der Waals surface area contributed by atoms with Crippen LogP contribution in [-0.2, 0) is 6.54 Å². The molecule has 0 radical (unpaired) electrons. The van der Waals surface area contributed by atoms with Gasteiger partial charge in [0.15, 0.2) is 0 Å². The molecular formula is C15H19N5S. The molecule has 2 aromatic heterocycles. The van der Waals surface area contributed by atoms with Gasteiger partial charge < -0.3 is 4.90 Å². The number of rotatable bonds is 4. The van der Waals surface area contributed by atoms with Gasteiger partial charge in [-0.3, -0.25) is 9.88 Å². The van der Waals surface area contributed by atoms with Crippen LogP contribution in [0.15, 0.2) is 24.5 Å². The van der Waals surface area contributed by atoms with E-state index in [1.165, 1.54) is 18.4 Å². The maximum atomic E-state index is 4.71. The van der Waals surface area contributed by atoms with Crippen molar-refractivity contribution in [3.63, 3.8) is 0 Å². The van der Waals surface area contributed by atoms with Gasteiger partial charge in [0, 0.05) is 62.6 Å². The average Bonchev–Trinajstić information content (AvgIpc) is 3.27. The van der Waals surface area contributed by atoms with Crippen LogP contribution >= 0.6 is 11.5 Å². The van der Waals surface area contributed by atoms with E-state index >= 15 is 0 Å². The quantitative estimate of drug-likeness (QED) is 0.865. The molecule has 1 saturated carbocycles. The van der Waals surface area contributed by atoms with Crippen LogP contribution in [0.25, 0.3) is 0 Å². The Hall–Kier alpha value is -1.53. The van der Waals surface area contributed by atoms with Crippen molar-refractivity contribution in [2.45, 2.75) is 25.3 Å². The van der Waals surface area contributed by atoms with Crippen molar-refractivity contribution in [3.8, 4) is 0 Å². The molecule has 0 amide bonds. The lowest BCUT2D eigenvalue weighted by atomic mass is 10.2. The zero-order valence-electron chi connectivity index (χ0n) is 12.0. The first kappa shape index (κ1) is 13.2. The number of piperazine rings is 1. The SMILES string of the molecule is c1cncc(CN2CCN(c3nc(C4CC4)ns3)CC2)c1. The lowest BCUT2D eigenvalue weighted by Gasteiger charge is -2.34. The second-order valence-corrected chi connectivity index (χ2v) is 6.56. The third kappa shape index (κ3) is 3.06. The summed E-state index contributed by atoms with van der Waals surface area (Å²) in [5.74, 6) is 1.73. The van der Waals surface area contributed by atoms with Crippen LogP contribution in [0.5, 0.6) is 0 Å². The van der Waals surface area contributed by atoms with Crippen molar-refractivity contribution in [1.29, 1.82) is 0 Å². The van der Waals surface area contributed by atoms with Gasteiger partial charge in [0.05, 0.1) is 0 Å². The topological polar surface area (TPSA) is 45.2 Å². The fourth-order valence-corrected chi connectivity index (χ4v) is 3.51. The molecule has 2 fully saturated rings. The normalized spacial score (nSPS) is 19.9. The van der Waals surface area contributed by atoms with Crippen LogP contribution in [-0.4, -0.2) is 45.4 Å². The van der Waals surface area contributed by atoms with Gasteiger partial charge >= 0.3 is 0 Å². The minimum absolute atomic E-state index is 0.655. The zero-order valence-corrected chi connectivity index (χ0v) is 12.8. The van der Waals surface area contributed by atoms with Crippen molar-refractivity contribution in [3.05, 3.63) is 35.9 Å². The third-order valence-corrected chi connectivity index (χ3v) is 4.94. The average molecular weight is 301 g/mol. The van der Waals surface area contributed by atoms with E-state index in [0.717, 1.165) is 43.7 Å². The number of aromatic nitrogens is 3. The summed E-state index contributed by atoms with van der Waals surface area (Å²) >= 11 is 1.57. The fourth-order valence-electron chi connectivity index (χ4n) is 2.71. The summed E-state index contributed by atoms with van der Waals surface area (Å²) in [5.41, 5.74) is 1.29. The summed E-state index contributed by atoms with van der Waals surface area (Å²) in [5, 5.41) is 1.11. The van der Waals surface area contributed by atoms with Gasteiger partial charge in [0.25, 0.3) is 0 Å². The molecule has 3 heterocycles. The number of pyridine rings is 1. The number of hydrogen-bond acceptors (Lipinski definition) is 6. The Balaban J connectivity index is 1.33. The molecule has 2 aliphatic rings. The molecule has 0 aromatic carbocycles. The molecule has 0 bridgehead atoms. The van der Waals surface area contributed by atoms with Gasteiger partial charge in [-0.15, -0.1) is 0 Å². The van der Waals surface area contributed by atoms with E-state index in [1.807, 2.05) is 18.5 Å². The van der Waals surface area contributed by atoms with Crippen molar-refractivity contribution in [1.82, 2.24) is 19.2 Å². The van der Waals surface area contributed by atoms with Gasteiger partial charge in [-0.05, 0) is 24.5 Å². The Morgan fingerprint density at radius 3 is 2.76 bits per heavy atom. The van der Waals surface area contributed by atoms with Crippen LogP contribution in [0.4, 0.5) is 5.13 Å². The molecule has 21 heavy (non-hydrogen) atoms. The van der Waals surface area contributed by atoms with Crippen molar-refractivity contribution >= 4 is 16.7 Å². The monoisotopic (exact) mass is 301 g/mol. The summed E-state index contributed by atoms with van der Waals surface area (Å²) in [6.45, 7) is 5.23. The first-order valence-corrected chi connectivity index (χ1v) is 8.35. The standard InChI is InChI=1S/C15H19N5S/c1-2-12(10-16-5-1)11-19-6-8-20(9-7-19)15-17-14(18-21-15)13-3-4-13/h1-2,5,10,13H,3-4,6-9,11H2. The van der Waals surface area contributed by atoms with E-state index in [-0.39, 0.29) is 0 Å². The molecule has 0 spiro atoms. The van der Waals surface area contributed by atoms with Gasteiger partial charge in [0.1, 0.15) is 5.82 Å². The van der Waals surface area contributed by atoms with E-state index in [1.54, 1.807) is 11.5 Å². The highest BCUT2D eigenvalue weighted by atomic mass is 32.1. The van der Waals surface area contributed by atoms with E-state index < -0.39 is 0 Å². The Morgan fingerprint density at radius 1 is 1.19 bits per heavy atom. The Labute approximate surface area is 128 Å². The number of anilines is 1. The Kier molecular flexibility index (Phi) is 3.57. The second-order valence-electron chi connectivity index (χ2n) is 5.83. The summed E-state index contributed by atoms with van der Waals surface area (Å²) < 4.78 is 4.51. The first-order chi connectivity index (χ1) is 10.4. The summed E-state index contributed by atoms with van der Waals surface area (Å²) in [4.78, 5) is 13.8. The number of nitrogens with zero attached hydrogens (tertiary/aromatic N) is 5. The summed E-state index contributed by atoms with van der Waals surface area (Å²) in [6, 6.07) is 4.15. The molecule has 1 aliphatic carbocycles. The van der Waals surface area contributed by atoms with Crippen molar-refractivity contribution in [2.75, 3.05) is 31.1 Å². The number of hydrogen-bond donors (Lipinski definition) is 0. The highest BCUT2D eigenvalue weighted by Gasteiger charge is 2.29. The lowest BCUT2D eigenvalue weighted by Crippen LogP contribution is -2.45. The van der Waals surface area contributed by atoms with Crippen molar-refractivity contribution in [2.24, 2.45) is 0 Å². The molecule has 5 nitrogen and oxygen atoms in total.